The first kappa shape index (κ1) is 14.0. The van der Waals surface area contributed by atoms with E-state index in [2.05, 4.69) is 4.98 Å². The van der Waals surface area contributed by atoms with Crippen molar-refractivity contribution in [1.29, 1.82) is 0 Å². The molecule has 2 aromatic rings. The molecule has 0 radical (unpaired) electrons. The number of carbonyl (C=O) groups excluding carboxylic acids is 1. The summed E-state index contributed by atoms with van der Waals surface area (Å²) in [5.74, 6) is -0.603. The highest BCUT2D eigenvalue weighted by Crippen LogP contribution is 2.05. The maximum absolute atomic E-state index is 12.1. The summed E-state index contributed by atoms with van der Waals surface area (Å²) in [6, 6.07) is 0. The van der Waals surface area contributed by atoms with Crippen LogP contribution in [0.1, 0.15) is 0 Å². The van der Waals surface area contributed by atoms with E-state index in [0.29, 0.717) is 0 Å². The van der Waals surface area contributed by atoms with Gasteiger partial charge in [-0.05, 0) is 0 Å². The predicted octanol–water partition coefficient (Wildman–Crippen LogP) is -2.03. The van der Waals surface area contributed by atoms with Gasteiger partial charge in [-0.25, -0.2) is 9.78 Å². The standard InChI is InChI=1S/C11H14N4O5/c1-13-9-8(10(18)14(2)11(13)19)15(6-12-9)5-7(17)20-4-3-16/h6,16H,3-5H2,1-2H3. The van der Waals surface area contributed by atoms with Crippen LogP contribution in [0.4, 0.5) is 0 Å². The normalized spacial score (nSPS) is 10.9. The molecule has 0 aliphatic carbocycles. The van der Waals surface area contributed by atoms with Gasteiger partial charge in [0.2, 0.25) is 0 Å². The van der Waals surface area contributed by atoms with Gasteiger partial charge in [-0.15, -0.1) is 0 Å². The number of fused-ring (bicyclic) bond motifs is 1. The minimum Gasteiger partial charge on any atom is -0.462 e. The van der Waals surface area contributed by atoms with Gasteiger partial charge in [-0.2, -0.15) is 0 Å². The van der Waals surface area contributed by atoms with Crippen LogP contribution >= 0.6 is 0 Å². The molecule has 0 saturated heterocycles. The third-order valence-corrected chi connectivity index (χ3v) is 2.87. The molecule has 0 unspecified atom stereocenters. The van der Waals surface area contributed by atoms with Crippen molar-refractivity contribution in [3.05, 3.63) is 27.2 Å². The number of aliphatic hydroxyl groups excluding tert-OH is 1. The summed E-state index contributed by atoms with van der Waals surface area (Å²) in [7, 11) is 2.84. The van der Waals surface area contributed by atoms with Crippen LogP contribution in [0.25, 0.3) is 11.2 Å². The Morgan fingerprint density at radius 3 is 2.70 bits per heavy atom. The maximum atomic E-state index is 12.1. The third-order valence-electron chi connectivity index (χ3n) is 2.87. The van der Waals surface area contributed by atoms with Crippen molar-refractivity contribution in [2.75, 3.05) is 13.2 Å². The van der Waals surface area contributed by atoms with E-state index in [4.69, 9.17) is 9.84 Å². The molecule has 0 aliphatic heterocycles. The molecule has 1 N–H and O–H groups in total. The number of aliphatic hydroxyl groups is 1. The van der Waals surface area contributed by atoms with Crippen LogP contribution in [-0.2, 0) is 30.2 Å². The van der Waals surface area contributed by atoms with E-state index in [0.717, 1.165) is 4.57 Å². The number of esters is 1. The average Bonchev–Trinajstić information content (AvgIpc) is 2.84. The van der Waals surface area contributed by atoms with Crippen LogP contribution in [0, 0.1) is 0 Å². The smallest absolute Gasteiger partial charge is 0.332 e. The molecule has 0 amide bonds. The fourth-order valence-corrected chi connectivity index (χ4v) is 1.86. The zero-order chi connectivity index (χ0) is 14.9. The highest BCUT2D eigenvalue weighted by molar-refractivity contribution is 5.75. The zero-order valence-electron chi connectivity index (χ0n) is 11.1. The van der Waals surface area contributed by atoms with Crippen molar-refractivity contribution in [1.82, 2.24) is 18.7 Å². The van der Waals surface area contributed by atoms with Gasteiger partial charge in [-0.3, -0.25) is 18.7 Å². The quantitative estimate of drug-likeness (QED) is 0.648. The summed E-state index contributed by atoms with van der Waals surface area (Å²) in [5, 5.41) is 8.57. The summed E-state index contributed by atoms with van der Waals surface area (Å²) >= 11 is 0. The Hall–Kier alpha value is -2.42. The number of aromatic nitrogens is 4. The Labute approximate surface area is 112 Å². The SMILES string of the molecule is Cn1c(=O)c2c(ncn2CC(=O)OCCO)n(C)c1=O. The molecule has 108 valence electrons. The monoisotopic (exact) mass is 282 g/mol. The second-order valence-electron chi connectivity index (χ2n) is 4.19. The molecule has 0 atom stereocenters. The van der Waals surface area contributed by atoms with Crippen molar-refractivity contribution in [2.24, 2.45) is 14.1 Å². The number of nitrogens with zero attached hydrogens (tertiary/aromatic N) is 4. The maximum Gasteiger partial charge on any atom is 0.332 e. The Balaban J connectivity index is 2.50. The van der Waals surface area contributed by atoms with Crippen molar-refractivity contribution in [2.45, 2.75) is 6.54 Å². The summed E-state index contributed by atoms with van der Waals surface area (Å²) in [5.41, 5.74) is -0.672. The van der Waals surface area contributed by atoms with Gasteiger partial charge in [0, 0.05) is 14.1 Å². The third kappa shape index (κ3) is 2.23. The lowest BCUT2D eigenvalue weighted by Gasteiger charge is -2.06. The van der Waals surface area contributed by atoms with Crippen molar-refractivity contribution in [3.8, 4) is 0 Å². The van der Waals surface area contributed by atoms with Gasteiger partial charge in [0.25, 0.3) is 5.56 Å². The number of hydrogen-bond acceptors (Lipinski definition) is 6. The molecule has 0 saturated carbocycles. The Kier molecular flexibility index (Phi) is 3.70. The molecule has 2 aromatic heterocycles. The fourth-order valence-electron chi connectivity index (χ4n) is 1.86. The second kappa shape index (κ2) is 5.29. The van der Waals surface area contributed by atoms with Crippen LogP contribution in [-0.4, -0.2) is 43.0 Å². The van der Waals surface area contributed by atoms with E-state index in [1.807, 2.05) is 0 Å². The van der Waals surface area contributed by atoms with Gasteiger partial charge in [0.1, 0.15) is 13.2 Å². The van der Waals surface area contributed by atoms with Crippen LogP contribution in [0.3, 0.4) is 0 Å². The van der Waals surface area contributed by atoms with Crippen LogP contribution in [0.15, 0.2) is 15.9 Å². The average molecular weight is 282 g/mol. The van der Waals surface area contributed by atoms with Crippen LogP contribution in [0.2, 0.25) is 0 Å². The highest BCUT2D eigenvalue weighted by Gasteiger charge is 2.16. The lowest BCUT2D eigenvalue weighted by atomic mass is 10.5. The van der Waals surface area contributed by atoms with Crippen molar-refractivity contribution >= 4 is 17.1 Å². The van der Waals surface area contributed by atoms with Gasteiger partial charge < -0.3 is 14.4 Å². The molecule has 20 heavy (non-hydrogen) atoms. The minimum absolute atomic E-state index is 0.109. The van der Waals surface area contributed by atoms with Crippen molar-refractivity contribution in [3.63, 3.8) is 0 Å². The van der Waals surface area contributed by atoms with E-state index in [1.165, 1.54) is 29.6 Å². The lowest BCUT2D eigenvalue weighted by Crippen LogP contribution is -2.37. The van der Waals surface area contributed by atoms with Crippen molar-refractivity contribution < 1.29 is 14.6 Å². The van der Waals surface area contributed by atoms with E-state index in [1.54, 1.807) is 0 Å². The van der Waals surface area contributed by atoms with E-state index >= 15 is 0 Å². The second-order valence-corrected chi connectivity index (χ2v) is 4.19. The largest absolute Gasteiger partial charge is 0.462 e. The molecule has 9 heteroatoms. The number of aryl methyl sites for hydroxylation is 1. The molecule has 0 aromatic carbocycles. The minimum atomic E-state index is -0.603. The Morgan fingerprint density at radius 1 is 1.35 bits per heavy atom. The van der Waals surface area contributed by atoms with Crippen LogP contribution in [0.5, 0.6) is 0 Å². The van der Waals surface area contributed by atoms with Crippen LogP contribution < -0.4 is 11.2 Å². The molecule has 0 aliphatic rings. The predicted molar refractivity (Wildman–Crippen MR) is 68.3 cm³/mol. The molecule has 2 heterocycles. The molecular formula is C11H14N4O5. The topological polar surface area (TPSA) is 108 Å². The summed E-state index contributed by atoms with van der Waals surface area (Å²) in [6.45, 7) is -0.599. The van der Waals surface area contributed by atoms with E-state index < -0.39 is 17.2 Å². The van der Waals surface area contributed by atoms with Gasteiger partial charge >= 0.3 is 11.7 Å². The van der Waals surface area contributed by atoms with Gasteiger partial charge in [0.15, 0.2) is 11.2 Å². The number of carbonyl (C=O) groups is 1. The van der Waals surface area contributed by atoms with E-state index in [9.17, 15) is 14.4 Å². The number of rotatable bonds is 4. The lowest BCUT2D eigenvalue weighted by molar-refractivity contribution is -0.145. The summed E-state index contributed by atoms with van der Waals surface area (Å²) in [4.78, 5) is 39.3. The number of ether oxygens (including phenoxy) is 1. The Bertz CT molecular complexity index is 769. The first-order valence-electron chi connectivity index (χ1n) is 5.84. The molecule has 9 nitrogen and oxygen atoms in total. The summed E-state index contributed by atoms with van der Waals surface area (Å²) < 4.78 is 8.21. The number of hydrogen-bond donors (Lipinski definition) is 1. The first-order chi connectivity index (χ1) is 9.47. The molecule has 2 rings (SSSR count). The Morgan fingerprint density at radius 2 is 2.05 bits per heavy atom. The summed E-state index contributed by atoms with van der Waals surface area (Å²) in [6.07, 6.45) is 1.30. The highest BCUT2D eigenvalue weighted by atomic mass is 16.5. The number of imidazole rings is 1. The van der Waals surface area contributed by atoms with Gasteiger partial charge in [0.05, 0.1) is 12.9 Å². The first-order valence-corrected chi connectivity index (χ1v) is 5.84. The molecular weight excluding hydrogens is 268 g/mol. The molecule has 0 bridgehead atoms. The molecule has 0 fully saturated rings. The fraction of sp³-hybridized carbons (Fsp3) is 0.455. The zero-order valence-corrected chi connectivity index (χ0v) is 11.1. The van der Waals surface area contributed by atoms with Gasteiger partial charge in [-0.1, -0.05) is 0 Å². The molecule has 0 spiro atoms. The van der Waals surface area contributed by atoms with E-state index in [-0.39, 0.29) is 30.9 Å².